The van der Waals surface area contributed by atoms with E-state index in [9.17, 15) is 9.50 Å². The van der Waals surface area contributed by atoms with Gasteiger partial charge in [-0.3, -0.25) is 0 Å². The molecule has 50 valence electrons. The SMILES string of the molecule is CCC(F)C(=N)[O-].Cl. The number of nitrogens with one attached hydrogen (secondary N) is 1. The van der Waals surface area contributed by atoms with E-state index >= 15 is 0 Å². The topological polar surface area (TPSA) is 46.9 Å². The molecule has 0 aromatic rings. The van der Waals surface area contributed by atoms with Crippen LogP contribution in [-0.4, -0.2) is 12.1 Å². The predicted octanol–water partition coefficient (Wildman–Crippen LogP) is 0.494. The van der Waals surface area contributed by atoms with Crippen LogP contribution < -0.4 is 5.11 Å². The Balaban J connectivity index is 0. The third-order valence-corrected chi connectivity index (χ3v) is 0.643. The van der Waals surface area contributed by atoms with Gasteiger partial charge < -0.3 is 10.5 Å². The lowest BCUT2D eigenvalue weighted by molar-refractivity contribution is -0.226. The van der Waals surface area contributed by atoms with E-state index in [1.54, 1.807) is 0 Å². The summed E-state index contributed by atoms with van der Waals surface area (Å²) in [5, 5.41) is 15.8. The highest BCUT2D eigenvalue weighted by Gasteiger charge is 1.97. The summed E-state index contributed by atoms with van der Waals surface area (Å²) in [4.78, 5) is 0. The third kappa shape index (κ3) is 3.87. The Kier molecular flexibility index (Phi) is 6.43. The molecule has 2 nitrogen and oxygen atoms in total. The van der Waals surface area contributed by atoms with Crippen LogP contribution in [0.2, 0.25) is 0 Å². The molecule has 0 aromatic heterocycles. The first-order chi connectivity index (χ1) is 3.18. The van der Waals surface area contributed by atoms with Gasteiger partial charge in [0, 0.05) is 0 Å². The second kappa shape index (κ2) is 4.84. The van der Waals surface area contributed by atoms with Crippen LogP contribution >= 0.6 is 12.4 Å². The Bertz CT molecular complexity index is 78.4. The van der Waals surface area contributed by atoms with Gasteiger partial charge in [0.1, 0.15) is 6.17 Å². The zero-order valence-corrected chi connectivity index (χ0v) is 5.30. The van der Waals surface area contributed by atoms with Crippen molar-refractivity contribution in [3.8, 4) is 0 Å². The molecule has 0 heterocycles. The van der Waals surface area contributed by atoms with E-state index in [1.165, 1.54) is 6.92 Å². The van der Waals surface area contributed by atoms with Crippen molar-refractivity contribution in [2.75, 3.05) is 0 Å². The lowest BCUT2D eigenvalue weighted by Crippen LogP contribution is -2.26. The number of alkyl halides is 1. The average molecular weight is 141 g/mol. The fraction of sp³-hybridized carbons (Fsp3) is 0.750. The molecular formula is C4H8ClFNO-. The maximum atomic E-state index is 11.7. The Morgan fingerprint density at radius 3 is 2.25 bits per heavy atom. The van der Waals surface area contributed by atoms with Crippen LogP contribution in [0.4, 0.5) is 4.39 Å². The molecule has 1 N–H and O–H groups in total. The van der Waals surface area contributed by atoms with Crippen LogP contribution in [0.1, 0.15) is 13.3 Å². The first kappa shape index (κ1) is 10.6. The standard InChI is InChI=1S/C4H8FNO.ClH/c1-2-3(5)4(6)7;/h3H,2H2,1H3,(H2,6,7);1H/p-1. The largest absolute Gasteiger partial charge is 0.860 e. The van der Waals surface area contributed by atoms with E-state index in [0.29, 0.717) is 0 Å². The highest BCUT2D eigenvalue weighted by Crippen LogP contribution is 1.92. The van der Waals surface area contributed by atoms with Gasteiger partial charge in [0.25, 0.3) is 0 Å². The van der Waals surface area contributed by atoms with Crippen molar-refractivity contribution in [2.45, 2.75) is 19.5 Å². The van der Waals surface area contributed by atoms with E-state index in [-0.39, 0.29) is 18.8 Å². The van der Waals surface area contributed by atoms with E-state index in [4.69, 9.17) is 5.41 Å². The molecule has 1 unspecified atom stereocenters. The quantitative estimate of drug-likeness (QED) is 0.441. The van der Waals surface area contributed by atoms with Crippen LogP contribution in [0, 0.1) is 5.41 Å². The summed E-state index contributed by atoms with van der Waals surface area (Å²) in [6.07, 6.45) is -1.46. The van der Waals surface area contributed by atoms with Crippen molar-refractivity contribution in [1.29, 1.82) is 5.41 Å². The normalized spacial score (nSPS) is 11.8. The monoisotopic (exact) mass is 140 g/mol. The number of hydrogen-bond acceptors (Lipinski definition) is 2. The fourth-order valence-electron chi connectivity index (χ4n) is 0.185. The Hall–Kier alpha value is -0.310. The molecule has 0 spiro atoms. The van der Waals surface area contributed by atoms with Crippen LogP contribution in [0.25, 0.3) is 0 Å². The highest BCUT2D eigenvalue weighted by atomic mass is 35.5. The molecule has 0 saturated carbocycles. The average Bonchev–Trinajstić information content (AvgIpc) is 1.65. The molecule has 0 rings (SSSR count). The summed E-state index contributed by atoms with van der Waals surface area (Å²) < 4.78 is 11.7. The van der Waals surface area contributed by atoms with Crippen LogP contribution in [0.3, 0.4) is 0 Å². The van der Waals surface area contributed by atoms with Gasteiger partial charge in [0.15, 0.2) is 0 Å². The maximum Gasteiger partial charge on any atom is 0.127 e. The van der Waals surface area contributed by atoms with Crippen LogP contribution in [0.5, 0.6) is 0 Å². The second-order valence-corrected chi connectivity index (χ2v) is 1.24. The number of rotatable bonds is 2. The van der Waals surface area contributed by atoms with Gasteiger partial charge in [0.05, 0.1) is 0 Å². The van der Waals surface area contributed by atoms with Gasteiger partial charge in [-0.2, -0.15) is 0 Å². The summed E-state index contributed by atoms with van der Waals surface area (Å²) in [7, 11) is 0. The zero-order chi connectivity index (χ0) is 5.86. The van der Waals surface area contributed by atoms with E-state index in [0.717, 1.165) is 0 Å². The lowest BCUT2D eigenvalue weighted by Gasteiger charge is -2.08. The lowest BCUT2D eigenvalue weighted by atomic mass is 10.3. The van der Waals surface area contributed by atoms with Gasteiger partial charge in [-0.05, 0) is 12.3 Å². The molecule has 0 amide bonds. The van der Waals surface area contributed by atoms with E-state index in [2.05, 4.69) is 0 Å². The molecule has 0 aliphatic carbocycles. The molecule has 0 bridgehead atoms. The fourth-order valence-corrected chi connectivity index (χ4v) is 0.185. The Labute approximate surface area is 53.6 Å². The van der Waals surface area contributed by atoms with Crippen molar-refractivity contribution in [3.05, 3.63) is 0 Å². The van der Waals surface area contributed by atoms with Gasteiger partial charge in [0.2, 0.25) is 0 Å². The van der Waals surface area contributed by atoms with Crippen LogP contribution in [0.15, 0.2) is 0 Å². The molecule has 0 aliphatic rings. The predicted molar refractivity (Wildman–Crippen MR) is 30.2 cm³/mol. The maximum absolute atomic E-state index is 11.7. The summed E-state index contributed by atoms with van der Waals surface area (Å²) in [5.41, 5.74) is 0. The van der Waals surface area contributed by atoms with Crippen molar-refractivity contribution in [1.82, 2.24) is 0 Å². The number of halogens is 2. The van der Waals surface area contributed by atoms with Crippen molar-refractivity contribution in [2.24, 2.45) is 0 Å². The minimum Gasteiger partial charge on any atom is -0.860 e. The molecule has 0 radical (unpaired) electrons. The smallest absolute Gasteiger partial charge is 0.127 e. The summed E-state index contributed by atoms with van der Waals surface area (Å²) in [5.74, 6) is -1.12. The van der Waals surface area contributed by atoms with Crippen molar-refractivity contribution in [3.63, 3.8) is 0 Å². The van der Waals surface area contributed by atoms with Gasteiger partial charge in [-0.15, -0.1) is 12.4 Å². The summed E-state index contributed by atoms with van der Waals surface area (Å²) in [6.45, 7) is 1.52. The van der Waals surface area contributed by atoms with Gasteiger partial charge in [-0.25, -0.2) is 4.39 Å². The van der Waals surface area contributed by atoms with E-state index in [1.807, 2.05) is 0 Å². The first-order valence-corrected chi connectivity index (χ1v) is 2.08. The molecule has 0 fully saturated rings. The third-order valence-electron chi connectivity index (χ3n) is 0.643. The van der Waals surface area contributed by atoms with Crippen molar-refractivity contribution >= 4 is 18.3 Å². The van der Waals surface area contributed by atoms with E-state index < -0.39 is 12.1 Å². The Morgan fingerprint density at radius 2 is 2.25 bits per heavy atom. The second-order valence-electron chi connectivity index (χ2n) is 1.24. The number of hydrogen-bond donors (Lipinski definition) is 1. The molecule has 4 heteroatoms. The van der Waals surface area contributed by atoms with Crippen molar-refractivity contribution < 1.29 is 9.50 Å². The van der Waals surface area contributed by atoms with Gasteiger partial charge in [-0.1, -0.05) is 6.92 Å². The highest BCUT2D eigenvalue weighted by molar-refractivity contribution is 5.85. The summed E-state index contributed by atoms with van der Waals surface area (Å²) in [6, 6.07) is 0. The minimum atomic E-state index is -1.57. The Morgan fingerprint density at radius 1 is 1.88 bits per heavy atom. The molecule has 1 atom stereocenters. The van der Waals surface area contributed by atoms with Crippen LogP contribution in [-0.2, 0) is 0 Å². The molecular weight excluding hydrogens is 133 g/mol. The molecule has 8 heavy (non-hydrogen) atoms. The molecule has 0 aliphatic heterocycles. The first-order valence-electron chi connectivity index (χ1n) is 2.08. The van der Waals surface area contributed by atoms with Gasteiger partial charge >= 0.3 is 0 Å². The summed E-state index contributed by atoms with van der Waals surface area (Å²) >= 11 is 0. The molecule has 0 aromatic carbocycles. The zero-order valence-electron chi connectivity index (χ0n) is 4.48. The minimum absolute atomic E-state index is 0. The molecule has 0 saturated heterocycles.